The van der Waals surface area contributed by atoms with Crippen molar-refractivity contribution in [3.63, 3.8) is 0 Å². The molecule has 0 unspecified atom stereocenters. The first-order chi connectivity index (χ1) is 12.9. The Morgan fingerprint density at radius 1 is 0.889 bits per heavy atom. The fourth-order valence-corrected chi connectivity index (χ4v) is 5.52. The van der Waals surface area contributed by atoms with Gasteiger partial charge < -0.3 is 0 Å². The summed E-state index contributed by atoms with van der Waals surface area (Å²) in [6.45, 7) is 6.76. The molecule has 0 amide bonds. The van der Waals surface area contributed by atoms with Gasteiger partial charge in [-0.3, -0.25) is 0 Å². The second-order valence-corrected chi connectivity index (χ2v) is 9.85. The zero-order chi connectivity index (χ0) is 18.8. The van der Waals surface area contributed by atoms with E-state index in [2.05, 4.69) is 66.7 Å². The number of fused-ring (bicyclic) bond motifs is 4. The minimum atomic E-state index is 0.0352. The van der Waals surface area contributed by atoms with Crippen LogP contribution in [-0.4, -0.2) is 29.2 Å². The molecule has 3 heterocycles. The molecule has 0 aliphatic rings. The Balaban J connectivity index is 1.95. The van der Waals surface area contributed by atoms with Gasteiger partial charge in [0.2, 0.25) is 0 Å². The number of pyridine rings is 1. The first-order valence-electron chi connectivity index (χ1n) is 9.05. The third kappa shape index (κ3) is 2.52. The molecule has 0 atom stereocenters. The predicted molar refractivity (Wildman–Crippen MR) is 113 cm³/mol. The Bertz CT molecular complexity index is 1320. The number of hydrogen-bond donors (Lipinski definition) is 1. The van der Waals surface area contributed by atoms with E-state index in [0.717, 1.165) is 22.2 Å². The molecule has 0 saturated carbocycles. The van der Waals surface area contributed by atoms with E-state index in [4.69, 9.17) is 4.98 Å². The third-order valence-electron chi connectivity index (χ3n) is 5.12. The molecule has 134 valence electrons. The summed E-state index contributed by atoms with van der Waals surface area (Å²) in [7, 11) is 0. The van der Waals surface area contributed by atoms with E-state index in [-0.39, 0.29) is 25.7 Å². The quantitative estimate of drug-likeness (QED) is 0.370. The molecule has 0 spiro atoms. The van der Waals surface area contributed by atoms with Gasteiger partial charge >= 0.3 is 164 Å². The van der Waals surface area contributed by atoms with Crippen molar-refractivity contribution in [2.75, 3.05) is 0 Å². The summed E-state index contributed by atoms with van der Waals surface area (Å²) < 4.78 is 3.38. The third-order valence-corrected chi connectivity index (χ3v) is 6.81. The van der Waals surface area contributed by atoms with Crippen LogP contribution in [-0.2, 0) is 5.41 Å². The summed E-state index contributed by atoms with van der Waals surface area (Å²) in [6, 6.07) is 18.4. The van der Waals surface area contributed by atoms with Crippen LogP contribution in [0.4, 0.5) is 0 Å². The Labute approximate surface area is 163 Å². The zero-order valence-electron chi connectivity index (χ0n) is 15.5. The number of benzene rings is 2. The minimum absolute atomic E-state index is 0.0352. The Hall–Kier alpha value is -2.55. The fraction of sp³-hybridized carbons (Fsp3) is 0.174. The van der Waals surface area contributed by atoms with Gasteiger partial charge in [0.05, 0.1) is 0 Å². The van der Waals surface area contributed by atoms with Gasteiger partial charge in [-0.1, -0.05) is 0 Å². The van der Waals surface area contributed by atoms with Crippen LogP contribution in [0.1, 0.15) is 26.3 Å². The summed E-state index contributed by atoms with van der Waals surface area (Å²) in [5.41, 5.74) is 3.46. The van der Waals surface area contributed by atoms with Crippen LogP contribution in [0, 0.1) is 0 Å². The number of nitrogens with zero attached hydrogens (tertiary/aromatic N) is 2. The number of phenols is 1. The van der Waals surface area contributed by atoms with Gasteiger partial charge in [0.1, 0.15) is 0 Å². The second-order valence-electron chi connectivity index (χ2n) is 7.97. The second kappa shape index (κ2) is 5.72. The molecule has 0 radical (unpaired) electrons. The average Bonchev–Trinajstić information content (AvgIpc) is 3.21. The molecule has 5 aromatic rings. The monoisotopic (exact) mass is 420 g/mol. The van der Waals surface area contributed by atoms with Crippen LogP contribution in [0.3, 0.4) is 0 Å². The van der Waals surface area contributed by atoms with Crippen molar-refractivity contribution in [2.45, 2.75) is 26.2 Å². The van der Waals surface area contributed by atoms with E-state index in [1.54, 1.807) is 6.07 Å². The van der Waals surface area contributed by atoms with Crippen LogP contribution in [0.5, 0.6) is 5.75 Å². The van der Waals surface area contributed by atoms with Crippen LogP contribution in [0.15, 0.2) is 59.5 Å². The Morgan fingerprint density at radius 2 is 1.67 bits per heavy atom. The standard InChI is InChI=1S/C23H20N2OSe/c1-23(2,3)18-13-21(24-22-17(18)10-11-27-22)25-19-7-5-4-6-15(19)16-9-8-14(26)12-20(16)25/h4-13,26H,1-3H3. The van der Waals surface area contributed by atoms with Crippen molar-refractivity contribution < 1.29 is 5.11 Å². The molecule has 0 saturated heterocycles. The SMILES string of the molecule is CC(C)(C)c1cc(-n2c3ccccc3c3ccc(O)cc32)nc2[se]ccc12. The van der Waals surface area contributed by atoms with E-state index >= 15 is 0 Å². The van der Waals surface area contributed by atoms with E-state index in [1.807, 2.05) is 12.1 Å². The molecule has 0 aliphatic carbocycles. The zero-order valence-corrected chi connectivity index (χ0v) is 17.2. The first-order valence-corrected chi connectivity index (χ1v) is 10.9. The average molecular weight is 419 g/mol. The maximum atomic E-state index is 10.1. The van der Waals surface area contributed by atoms with Gasteiger partial charge in [-0.2, -0.15) is 0 Å². The summed E-state index contributed by atoms with van der Waals surface area (Å²) >= 11 is 0.270. The van der Waals surface area contributed by atoms with Gasteiger partial charge in [-0.25, -0.2) is 0 Å². The van der Waals surface area contributed by atoms with E-state index in [9.17, 15) is 5.11 Å². The van der Waals surface area contributed by atoms with Crippen molar-refractivity contribution >= 4 is 46.1 Å². The molecule has 3 aromatic heterocycles. The van der Waals surface area contributed by atoms with Crippen LogP contribution < -0.4 is 0 Å². The molecule has 5 rings (SSSR count). The van der Waals surface area contributed by atoms with E-state index < -0.39 is 0 Å². The molecule has 3 nitrogen and oxygen atoms in total. The molecule has 4 heteroatoms. The van der Waals surface area contributed by atoms with Crippen LogP contribution in [0.2, 0.25) is 0 Å². The van der Waals surface area contributed by atoms with Crippen LogP contribution >= 0.6 is 0 Å². The normalized spacial score (nSPS) is 12.4. The Kier molecular flexibility index (Phi) is 3.52. The van der Waals surface area contributed by atoms with Crippen molar-refractivity contribution in [1.29, 1.82) is 0 Å². The van der Waals surface area contributed by atoms with Crippen molar-refractivity contribution in [3.05, 3.63) is 65.1 Å². The fourth-order valence-electron chi connectivity index (χ4n) is 3.88. The number of aromatic nitrogens is 2. The van der Waals surface area contributed by atoms with Gasteiger partial charge in [-0.05, 0) is 0 Å². The topological polar surface area (TPSA) is 38.0 Å². The van der Waals surface area contributed by atoms with Crippen molar-refractivity contribution in [3.8, 4) is 11.6 Å². The van der Waals surface area contributed by atoms with E-state index in [1.165, 1.54) is 20.7 Å². The summed E-state index contributed by atoms with van der Waals surface area (Å²) in [4.78, 5) is 7.30. The van der Waals surface area contributed by atoms with Gasteiger partial charge in [-0.15, -0.1) is 0 Å². The number of aromatic hydroxyl groups is 1. The molecule has 1 N–H and O–H groups in total. The predicted octanol–water partition coefficient (Wildman–Crippen LogP) is 5.39. The molecule has 2 aromatic carbocycles. The summed E-state index contributed by atoms with van der Waals surface area (Å²) in [5.74, 6) is 1.20. The number of hydrogen-bond acceptors (Lipinski definition) is 2. The van der Waals surface area contributed by atoms with Gasteiger partial charge in [0, 0.05) is 0 Å². The van der Waals surface area contributed by atoms with E-state index in [0.29, 0.717) is 0 Å². The van der Waals surface area contributed by atoms with Crippen molar-refractivity contribution in [2.24, 2.45) is 0 Å². The molecule has 0 bridgehead atoms. The number of rotatable bonds is 1. The number of para-hydroxylation sites is 1. The molecular formula is C23H20N2OSe. The molecule has 0 aliphatic heterocycles. The van der Waals surface area contributed by atoms with Gasteiger partial charge in [0.25, 0.3) is 0 Å². The molecular weight excluding hydrogens is 399 g/mol. The first kappa shape index (κ1) is 16.6. The summed E-state index contributed by atoms with van der Waals surface area (Å²) in [5, 5.41) is 13.7. The number of phenolic OH excluding ortho intramolecular Hbond substituents is 1. The maximum absolute atomic E-state index is 10.1. The van der Waals surface area contributed by atoms with Crippen molar-refractivity contribution in [1.82, 2.24) is 9.55 Å². The molecule has 27 heavy (non-hydrogen) atoms. The molecule has 0 fully saturated rings. The summed E-state index contributed by atoms with van der Waals surface area (Å²) in [6.07, 6.45) is 0. The van der Waals surface area contributed by atoms with Gasteiger partial charge in [0.15, 0.2) is 0 Å². The Morgan fingerprint density at radius 3 is 2.48 bits per heavy atom. The van der Waals surface area contributed by atoms with Crippen LogP contribution in [0.25, 0.3) is 37.4 Å².